The van der Waals surface area contributed by atoms with E-state index in [1.165, 1.54) is 6.42 Å². The van der Waals surface area contributed by atoms with Crippen LogP contribution in [0.4, 0.5) is 5.69 Å². The van der Waals surface area contributed by atoms with E-state index in [9.17, 15) is 13.2 Å². The molecule has 5 nitrogen and oxygen atoms in total. The van der Waals surface area contributed by atoms with E-state index in [1.54, 1.807) is 12.1 Å². The Morgan fingerprint density at radius 1 is 1.11 bits per heavy atom. The third-order valence-electron chi connectivity index (χ3n) is 6.75. The Morgan fingerprint density at radius 3 is 2.56 bits per heavy atom. The van der Waals surface area contributed by atoms with Gasteiger partial charge in [-0.15, -0.1) is 0 Å². The molecule has 1 aromatic rings. The molecule has 0 bridgehead atoms. The molecule has 148 valence electrons. The SMILES string of the molecule is CC1CCCC(NS(=O)(=O)c2ccc3c(c2)CC(C)N3C(=O)C2CC2)C1C. The Hall–Kier alpha value is -1.40. The van der Waals surface area contributed by atoms with Crippen LogP contribution < -0.4 is 9.62 Å². The second kappa shape index (κ2) is 6.89. The number of carbonyl (C=O) groups excluding carboxylic acids is 1. The molecule has 2 fully saturated rings. The van der Waals surface area contributed by atoms with E-state index in [2.05, 4.69) is 18.6 Å². The van der Waals surface area contributed by atoms with Gasteiger partial charge in [0.25, 0.3) is 0 Å². The quantitative estimate of drug-likeness (QED) is 0.856. The summed E-state index contributed by atoms with van der Waals surface area (Å²) in [6, 6.07) is 5.34. The van der Waals surface area contributed by atoms with Crippen LogP contribution in [-0.4, -0.2) is 26.4 Å². The van der Waals surface area contributed by atoms with Crippen molar-refractivity contribution in [2.45, 2.75) is 76.3 Å². The molecule has 1 aromatic carbocycles. The summed E-state index contributed by atoms with van der Waals surface area (Å²) >= 11 is 0. The molecule has 2 aliphatic carbocycles. The average Bonchev–Trinajstić information content (AvgIpc) is 3.40. The van der Waals surface area contributed by atoms with Gasteiger partial charge in [-0.05, 0) is 68.2 Å². The van der Waals surface area contributed by atoms with Crippen molar-refractivity contribution in [2.75, 3.05) is 4.90 Å². The van der Waals surface area contributed by atoms with Gasteiger partial charge in [-0.25, -0.2) is 13.1 Å². The van der Waals surface area contributed by atoms with Gasteiger partial charge >= 0.3 is 0 Å². The van der Waals surface area contributed by atoms with Crippen LogP contribution in [0, 0.1) is 17.8 Å². The smallest absolute Gasteiger partial charge is 0.240 e. The summed E-state index contributed by atoms with van der Waals surface area (Å²) in [6.07, 6.45) is 5.81. The number of hydrogen-bond acceptors (Lipinski definition) is 3. The van der Waals surface area contributed by atoms with Crippen molar-refractivity contribution >= 4 is 21.6 Å². The van der Waals surface area contributed by atoms with Gasteiger partial charge in [0, 0.05) is 23.7 Å². The maximum absolute atomic E-state index is 13.0. The van der Waals surface area contributed by atoms with Gasteiger partial charge in [-0.3, -0.25) is 4.79 Å². The third-order valence-corrected chi connectivity index (χ3v) is 8.24. The molecule has 27 heavy (non-hydrogen) atoms. The number of sulfonamides is 1. The number of nitrogens with zero attached hydrogens (tertiary/aromatic N) is 1. The molecule has 4 unspecified atom stereocenters. The van der Waals surface area contributed by atoms with E-state index in [-0.39, 0.29) is 23.9 Å². The highest BCUT2D eigenvalue weighted by atomic mass is 32.2. The van der Waals surface area contributed by atoms with Crippen LogP contribution in [-0.2, 0) is 21.2 Å². The Balaban J connectivity index is 1.56. The summed E-state index contributed by atoms with van der Waals surface area (Å²) < 4.78 is 28.9. The van der Waals surface area contributed by atoms with Crippen LogP contribution in [0.25, 0.3) is 0 Å². The van der Waals surface area contributed by atoms with E-state index in [0.717, 1.165) is 36.9 Å². The Morgan fingerprint density at radius 2 is 1.85 bits per heavy atom. The van der Waals surface area contributed by atoms with Crippen LogP contribution >= 0.6 is 0 Å². The third kappa shape index (κ3) is 3.54. The number of rotatable bonds is 4. The fraction of sp³-hybridized carbons (Fsp3) is 0.667. The molecule has 0 spiro atoms. The lowest BCUT2D eigenvalue weighted by Crippen LogP contribution is -2.43. The van der Waals surface area contributed by atoms with Gasteiger partial charge in [0.15, 0.2) is 0 Å². The first-order valence-electron chi connectivity index (χ1n) is 10.3. The summed E-state index contributed by atoms with van der Waals surface area (Å²) in [7, 11) is -3.55. The van der Waals surface area contributed by atoms with Crippen molar-refractivity contribution in [1.29, 1.82) is 0 Å². The molecule has 1 aliphatic heterocycles. The topological polar surface area (TPSA) is 66.5 Å². The zero-order valence-corrected chi connectivity index (χ0v) is 17.3. The monoisotopic (exact) mass is 390 g/mol. The van der Waals surface area contributed by atoms with Gasteiger partial charge in [0.1, 0.15) is 0 Å². The fourth-order valence-corrected chi connectivity index (χ4v) is 6.06. The van der Waals surface area contributed by atoms with Crippen molar-refractivity contribution < 1.29 is 13.2 Å². The lowest BCUT2D eigenvalue weighted by molar-refractivity contribution is -0.120. The second-order valence-corrected chi connectivity index (χ2v) is 10.5. The Kier molecular flexibility index (Phi) is 4.83. The lowest BCUT2D eigenvalue weighted by atomic mass is 9.78. The van der Waals surface area contributed by atoms with E-state index in [1.807, 2.05) is 17.9 Å². The van der Waals surface area contributed by atoms with Gasteiger partial charge in [-0.1, -0.05) is 26.7 Å². The summed E-state index contributed by atoms with van der Waals surface area (Å²) in [4.78, 5) is 14.8. The summed E-state index contributed by atoms with van der Waals surface area (Å²) in [5.41, 5.74) is 1.85. The van der Waals surface area contributed by atoms with Gasteiger partial charge in [0.05, 0.1) is 4.90 Å². The molecule has 4 rings (SSSR count). The minimum absolute atomic E-state index is 0.00105. The first kappa shape index (κ1) is 18.9. The van der Waals surface area contributed by atoms with Crippen LogP contribution in [0.3, 0.4) is 0 Å². The molecule has 1 amide bonds. The fourth-order valence-electron chi connectivity index (χ4n) is 4.65. The minimum Gasteiger partial charge on any atom is -0.309 e. The highest BCUT2D eigenvalue weighted by molar-refractivity contribution is 7.89. The van der Waals surface area contributed by atoms with Crippen LogP contribution in [0.1, 0.15) is 58.4 Å². The molecular formula is C21H30N2O3S. The maximum atomic E-state index is 13.0. The molecule has 6 heteroatoms. The molecule has 1 heterocycles. The van der Waals surface area contributed by atoms with E-state index < -0.39 is 10.0 Å². The number of nitrogens with one attached hydrogen (secondary N) is 1. The number of carbonyl (C=O) groups is 1. The molecular weight excluding hydrogens is 360 g/mol. The second-order valence-electron chi connectivity index (χ2n) is 8.82. The first-order chi connectivity index (χ1) is 12.8. The van der Waals surface area contributed by atoms with Crippen LogP contribution in [0.2, 0.25) is 0 Å². The Bertz CT molecular complexity index is 847. The van der Waals surface area contributed by atoms with E-state index >= 15 is 0 Å². The Labute approximate surface area is 162 Å². The minimum atomic E-state index is -3.55. The largest absolute Gasteiger partial charge is 0.309 e. The van der Waals surface area contributed by atoms with Gasteiger partial charge in [-0.2, -0.15) is 0 Å². The molecule has 4 atom stereocenters. The number of hydrogen-bond donors (Lipinski definition) is 1. The standard InChI is InChI=1S/C21H30N2O3S/c1-13-5-4-6-19(15(13)3)22-27(25,26)18-9-10-20-17(12-18)11-14(2)23(20)21(24)16-7-8-16/h9-10,12-16,19,22H,4-8,11H2,1-3H3. The molecule has 1 N–H and O–H groups in total. The lowest BCUT2D eigenvalue weighted by Gasteiger charge is -2.34. The van der Waals surface area contributed by atoms with Crippen LogP contribution in [0.15, 0.2) is 23.1 Å². The van der Waals surface area contributed by atoms with Crippen molar-refractivity contribution in [3.05, 3.63) is 23.8 Å². The molecule has 0 aromatic heterocycles. The predicted molar refractivity (Wildman–Crippen MR) is 106 cm³/mol. The highest BCUT2D eigenvalue weighted by Gasteiger charge is 2.40. The number of anilines is 1. The van der Waals surface area contributed by atoms with Crippen molar-refractivity contribution in [1.82, 2.24) is 4.72 Å². The highest BCUT2D eigenvalue weighted by Crippen LogP contribution is 2.39. The summed E-state index contributed by atoms with van der Waals surface area (Å²) in [5.74, 6) is 1.24. The van der Waals surface area contributed by atoms with Gasteiger partial charge < -0.3 is 4.90 Å². The zero-order valence-electron chi connectivity index (χ0n) is 16.4. The molecule has 3 aliphatic rings. The molecule has 0 radical (unpaired) electrons. The average molecular weight is 391 g/mol. The predicted octanol–water partition coefficient (Wildman–Crippen LogP) is 3.48. The summed E-state index contributed by atoms with van der Waals surface area (Å²) in [5, 5.41) is 0. The normalized spacial score (nSPS) is 31.0. The maximum Gasteiger partial charge on any atom is 0.240 e. The molecule has 2 saturated carbocycles. The van der Waals surface area contributed by atoms with Crippen molar-refractivity contribution in [2.24, 2.45) is 17.8 Å². The van der Waals surface area contributed by atoms with Gasteiger partial charge in [0.2, 0.25) is 15.9 Å². The van der Waals surface area contributed by atoms with Crippen molar-refractivity contribution in [3.8, 4) is 0 Å². The zero-order chi connectivity index (χ0) is 19.3. The van der Waals surface area contributed by atoms with E-state index in [4.69, 9.17) is 0 Å². The van der Waals surface area contributed by atoms with Crippen LogP contribution in [0.5, 0.6) is 0 Å². The number of fused-ring (bicyclic) bond motifs is 1. The van der Waals surface area contributed by atoms with E-state index in [0.29, 0.717) is 23.2 Å². The first-order valence-corrected chi connectivity index (χ1v) is 11.7. The van der Waals surface area contributed by atoms with Crippen molar-refractivity contribution in [3.63, 3.8) is 0 Å². The summed E-state index contributed by atoms with van der Waals surface area (Å²) in [6.45, 7) is 6.38. The number of benzene rings is 1. The molecule has 0 saturated heterocycles. The number of amides is 1.